The van der Waals surface area contributed by atoms with Gasteiger partial charge in [0.2, 0.25) is 5.91 Å². The molecular formula is C34H45N5O2. The van der Waals surface area contributed by atoms with Gasteiger partial charge in [0.15, 0.2) is 0 Å². The fourth-order valence-electron chi connectivity index (χ4n) is 6.25. The van der Waals surface area contributed by atoms with Gasteiger partial charge < -0.3 is 15.1 Å². The van der Waals surface area contributed by atoms with Gasteiger partial charge in [0.1, 0.15) is 0 Å². The summed E-state index contributed by atoms with van der Waals surface area (Å²) in [5.74, 6) is 0.620. The van der Waals surface area contributed by atoms with Gasteiger partial charge in [0.05, 0.1) is 6.20 Å². The molecule has 7 heteroatoms. The van der Waals surface area contributed by atoms with Crippen molar-refractivity contribution in [1.82, 2.24) is 19.6 Å². The number of aromatic nitrogens is 2. The number of piperidine rings is 2. The smallest absolute Gasteiger partial charge is 0.253 e. The fraction of sp³-hybridized carbons (Fsp3) is 0.500. The summed E-state index contributed by atoms with van der Waals surface area (Å²) in [6.07, 6.45) is 11.4. The van der Waals surface area contributed by atoms with Gasteiger partial charge in [-0.25, -0.2) is 0 Å². The number of unbranched alkanes of at least 4 members (excludes halogenated alkanes) is 2. The summed E-state index contributed by atoms with van der Waals surface area (Å²) >= 11 is 0. The maximum Gasteiger partial charge on any atom is 0.253 e. The van der Waals surface area contributed by atoms with Crippen LogP contribution in [0.1, 0.15) is 79.3 Å². The quantitative estimate of drug-likeness (QED) is 0.317. The number of hydrogen-bond acceptors (Lipinski definition) is 4. The molecule has 1 N–H and O–H groups in total. The molecule has 218 valence electrons. The summed E-state index contributed by atoms with van der Waals surface area (Å²) in [4.78, 5) is 31.0. The number of nitrogens with one attached hydrogen (secondary N) is 1. The average molecular weight is 556 g/mol. The number of carbonyl (C=O) groups excluding carboxylic acids is 2. The number of amides is 2. The summed E-state index contributed by atoms with van der Waals surface area (Å²) in [5.41, 5.74) is 6.02. The zero-order valence-electron chi connectivity index (χ0n) is 24.9. The molecule has 2 amide bonds. The van der Waals surface area contributed by atoms with Crippen LogP contribution in [0.4, 0.5) is 5.69 Å². The largest absolute Gasteiger partial charge is 0.339 e. The summed E-state index contributed by atoms with van der Waals surface area (Å²) in [6, 6.07) is 14.5. The van der Waals surface area contributed by atoms with E-state index in [1.807, 2.05) is 54.1 Å². The number of likely N-dealkylation sites (tertiary alicyclic amines) is 2. The molecule has 3 heterocycles. The van der Waals surface area contributed by atoms with Crippen LogP contribution in [0.25, 0.3) is 11.1 Å². The maximum atomic E-state index is 13.4. The second-order valence-corrected chi connectivity index (χ2v) is 11.9. The lowest BCUT2D eigenvalue weighted by Gasteiger charge is -2.32. The first kappa shape index (κ1) is 29.1. The minimum atomic E-state index is 0.0358. The molecule has 41 heavy (non-hydrogen) atoms. The van der Waals surface area contributed by atoms with E-state index in [0.717, 1.165) is 75.2 Å². The molecule has 2 aliphatic heterocycles. The Morgan fingerprint density at radius 1 is 0.927 bits per heavy atom. The Hall–Kier alpha value is -3.45. The minimum Gasteiger partial charge on any atom is -0.339 e. The molecule has 0 unspecified atom stereocenters. The topological polar surface area (TPSA) is 70.5 Å². The van der Waals surface area contributed by atoms with Crippen LogP contribution in [0.15, 0.2) is 54.9 Å². The van der Waals surface area contributed by atoms with Crippen molar-refractivity contribution in [2.45, 2.75) is 64.7 Å². The average Bonchev–Trinajstić information content (AvgIpc) is 3.44. The Balaban J connectivity index is 1.13. The lowest BCUT2D eigenvalue weighted by molar-refractivity contribution is -0.121. The number of hydrogen-bond donors (Lipinski definition) is 1. The number of aryl methyl sites for hydroxylation is 2. The summed E-state index contributed by atoms with van der Waals surface area (Å²) < 4.78 is 1.82. The van der Waals surface area contributed by atoms with Gasteiger partial charge >= 0.3 is 0 Å². The van der Waals surface area contributed by atoms with Crippen LogP contribution >= 0.6 is 0 Å². The molecule has 0 aliphatic carbocycles. The normalized spacial score (nSPS) is 17.1. The van der Waals surface area contributed by atoms with Crippen LogP contribution < -0.4 is 5.32 Å². The Kier molecular flexibility index (Phi) is 9.55. The monoisotopic (exact) mass is 555 g/mol. The number of benzene rings is 2. The van der Waals surface area contributed by atoms with Crippen LogP contribution in [-0.2, 0) is 11.8 Å². The fourth-order valence-corrected chi connectivity index (χ4v) is 6.25. The van der Waals surface area contributed by atoms with Crippen molar-refractivity contribution in [3.8, 4) is 11.1 Å². The molecule has 0 spiro atoms. The van der Waals surface area contributed by atoms with Gasteiger partial charge in [0, 0.05) is 49.1 Å². The van der Waals surface area contributed by atoms with Crippen molar-refractivity contribution in [1.29, 1.82) is 0 Å². The van der Waals surface area contributed by atoms with E-state index in [-0.39, 0.29) is 17.7 Å². The molecule has 1 aromatic heterocycles. The lowest BCUT2D eigenvalue weighted by Crippen LogP contribution is -2.39. The van der Waals surface area contributed by atoms with E-state index in [2.05, 4.69) is 46.5 Å². The Morgan fingerprint density at radius 2 is 1.66 bits per heavy atom. The number of anilines is 1. The molecule has 2 fully saturated rings. The first-order valence-corrected chi connectivity index (χ1v) is 15.4. The van der Waals surface area contributed by atoms with E-state index >= 15 is 0 Å². The maximum absolute atomic E-state index is 13.4. The van der Waals surface area contributed by atoms with Gasteiger partial charge in [-0.1, -0.05) is 50.1 Å². The molecule has 2 aromatic carbocycles. The minimum absolute atomic E-state index is 0.0358. The highest BCUT2D eigenvalue weighted by atomic mass is 16.2. The number of carbonyl (C=O) groups is 2. The molecule has 0 saturated carbocycles. The predicted octanol–water partition coefficient (Wildman–Crippen LogP) is 6.26. The van der Waals surface area contributed by atoms with Gasteiger partial charge in [-0.05, 0) is 93.4 Å². The van der Waals surface area contributed by atoms with Gasteiger partial charge in [-0.15, -0.1) is 0 Å². The zero-order chi connectivity index (χ0) is 28.8. The first-order chi connectivity index (χ1) is 19.9. The van der Waals surface area contributed by atoms with E-state index in [1.165, 1.54) is 30.4 Å². The van der Waals surface area contributed by atoms with E-state index in [4.69, 9.17) is 0 Å². The zero-order valence-corrected chi connectivity index (χ0v) is 24.9. The highest BCUT2D eigenvalue weighted by Gasteiger charge is 2.27. The SMILES string of the molecule is CCCCCN1CCC(C(=O)Nc2cc(C(=O)N3CCC(c4ccc(-c5cnn(C)c5)cc4)CC3)ccc2C)CC1. The second kappa shape index (κ2) is 13.5. The van der Waals surface area contributed by atoms with Crippen molar-refractivity contribution < 1.29 is 9.59 Å². The third-order valence-corrected chi connectivity index (χ3v) is 8.98. The van der Waals surface area contributed by atoms with Crippen LogP contribution in [0.5, 0.6) is 0 Å². The highest BCUT2D eigenvalue weighted by molar-refractivity contribution is 5.98. The van der Waals surface area contributed by atoms with Crippen LogP contribution in [0.2, 0.25) is 0 Å². The standard InChI is InChI=1S/C34H45N5O2/c1-4-5-6-17-38-18-13-29(14-19-38)33(40)36-32-22-30(8-7-25(32)2)34(41)39-20-15-28(16-21-39)26-9-11-27(12-10-26)31-23-35-37(3)24-31/h7-12,22-24,28-29H,4-6,13-21H2,1-3H3,(H,36,40). The van der Waals surface area contributed by atoms with E-state index < -0.39 is 0 Å². The van der Waals surface area contributed by atoms with E-state index in [1.54, 1.807) is 0 Å². The number of nitrogens with zero attached hydrogens (tertiary/aromatic N) is 4. The molecule has 2 saturated heterocycles. The molecule has 7 nitrogen and oxygen atoms in total. The molecule has 0 bridgehead atoms. The van der Waals surface area contributed by atoms with Gasteiger partial charge in [-0.3, -0.25) is 14.3 Å². The lowest BCUT2D eigenvalue weighted by atomic mass is 9.88. The molecule has 5 rings (SSSR count). The summed E-state index contributed by atoms with van der Waals surface area (Å²) in [7, 11) is 1.93. The molecule has 3 aromatic rings. The van der Waals surface area contributed by atoms with Crippen molar-refractivity contribution in [3.63, 3.8) is 0 Å². The Labute approximate surface area is 244 Å². The number of rotatable bonds is 9. The van der Waals surface area contributed by atoms with Gasteiger partial charge in [0.25, 0.3) is 5.91 Å². The van der Waals surface area contributed by atoms with Crippen LogP contribution in [0.3, 0.4) is 0 Å². The second-order valence-electron chi connectivity index (χ2n) is 11.9. The van der Waals surface area contributed by atoms with Gasteiger partial charge in [-0.2, -0.15) is 5.10 Å². The van der Waals surface area contributed by atoms with Crippen LogP contribution in [0, 0.1) is 12.8 Å². The Morgan fingerprint density at radius 3 is 2.32 bits per heavy atom. The van der Waals surface area contributed by atoms with Crippen molar-refractivity contribution in [2.75, 3.05) is 38.0 Å². The van der Waals surface area contributed by atoms with E-state index in [9.17, 15) is 9.59 Å². The third kappa shape index (κ3) is 7.25. The van der Waals surface area contributed by atoms with E-state index in [0.29, 0.717) is 11.5 Å². The predicted molar refractivity (Wildman–Crippen MR) is 165 cm³/mol. The Bertz CT molecular complexity index is 1320. The molecule has 2 aliphatic rings. The molecule has 0 radical (unpaired) electrons. The summed E-state index contributed by atoms with van der Waals surface area (Å²) in [5, 5.41) is 7.43. The van der Waals surface area contributed by atoms with Crippen molar-refractivity contribution in [3.05, 3.63) is 71.5 Å². The summed E-state index contributed by atoms with van der Waals surface area (Å²) in [6.45, 7) is 8.81. The highest BCUT2D eigenvalue weighted by Crippen LogP contribution is 2.31. The first-order valence-electron chi connectivity index (χ1n) is 15.4. The molecular weight excluding hydrogens is 510 g/mol. The van der Waals surface area contributed by atoms with Crippen molar-refractivity contribution >= 4 is 17.5 Å². The van der Waals surface area contributed by atoms with Crippen molar-refractivity contribution in [2.24, 2.45) is 13.0 Å². The molecule has 0 atom stereocenters. The van der Waals surface area contributed by atoms with Crippen LogP contribution in [-0.4, -0.2) is 64.1 Å². The third-order valence-electron chi connectivity index (χ3n) is 8.98.